The summed E-state index contributed by atoms with van der Waals surface area (Å²) in [5.74, 6) is 0.785. The minimum absolute atomic E-state index is 0.622. The van der Waals surface area contributed by atoms with E-state index in [-0.39, 0.29) is 0 Å². The van der Waals surface area contributed by atoms with Crippen LogP contribution in [0.25, 0.3) is 0 Å². The second-order valence-electron chi connectivity index (χ2n) is 2.55. The van der Waals surface area contributed by atoms with Gasteiger partial charge in [0.25, 0.3) is 0 Å². The van der Waals surface area contributed by atoms with Crippen molar-refractivity contribution in [1.29, 1.82) is 0 Å². The molecule has 2 heteroatoms. The van der Waals surface area contributed by atoms with Crippen LogP contribution in [0.15, 0.2) is 0 Å². The topological polar surface area (TPSA) is 0 Å². The smallest absolute Gasteiger partial charge is 0.105 e. The van der Waals surface area contributed by atoms with Crippen molar-refractivity contribution in [3.8, 4) is 0 Å². The van der Waals surface area contributed by atoms with E-state index in [1.807, 2.05) is 0 Å². The average molecular weight is 136 g/mol. The summed E-state index contributed by atoms with van der Waals surface area (Å²) in [7, 11) is 0. The maximum atomic E-state index is 12.5. The first-order chi connectivity index (χ1) is 3.56. The molecule has 0 fully saturated rings. The fraction of sp³-hybridized carbons (Fsp3) is 1.00. The fourth-order valence-corrected chi connectivity index (χ4v) is 0.658. The lowest BCUT2D eigenvalue weighted by molar-refractivity contribution is 0.201. The van der Waals surface area contributed by atoms with Gasteiger partial charge in [0.15, 0.2) is 0 Å². The van der Waals surface area contributed by atoms with Crippen LogP contribution < -0.4 is 0 Å². The van der Waals surface area contributed by atoms with Crippen LogP contribution in [-0.2, 0) is 0 Å². The molecule has 0 saturated heterocycles. The normalized spacial score (nSPS) is 12.0. The molecular formula is C6H13FS. The van der Waals surface area contributed by atoms with E-state index in [4.69, 9.17) is 0 Å². The zero-order valence-corrected chi connectivity index (χ0v) is 6.34. The summed E-state index contributed by atoms with van der Waals surface area (Å²) in [6.45, 7) is 3.19. The summed E-state index contributed by atoms with van der Waals surface area (Å²) >= 11 is 3.97. The molecule has 0 unspecified atom stereocenters. The third-order valence-electron chi connectivity index (χ3n) is 0.929. The van der Waals surface area contributed by atoms with Crippen molar-refractivity contribution in [2.75, 3.05) is 5.75 Å². The molecule has 0 aromatic heterocycles. The SMILES string of the molecule is CC(C)(F)CCCS. The highest BCUT2D eigenvalue weighted by Gasteiger charge is 2.12. The van der Waals surface area contributed by atoms with E-state index in [1.165, 1.54) is 0 Å². The Balaban J connectivity index is 3.11. The number of halogens is 1. The number of hydrogen-bond donors (Lipinski definition) is 1. The molecule has 0 aromatic rings. The van der Waals surface area contributed by atoms with Gasteiger partial charge in [-0.25, -0.2) is 4.39 Å². The fourth-order valence-electron chi connectivity index (χ4n) is 0.499. The van der Waals surface area contributed by atoms with Crippen molar-refractivity contribution in [3.63, 3.8) is 0 Å². The molecule has 0 spiro atoms. The Morgan fingerprint density at radius 1 is 1.50 bits per heavy atom. The summed E-state index contributed by atoms with van der Waals surface area (Å²) in [4.78, 5) is 0. The van der Waals surface area contributed by atoms with Gasteiger partial charge in [-0.2, -0.15) is 12.6 Å². The van der Waals surface area contributed by atoms with Crippen LogP contribution in [0, 0.1) is 0 Å². The number of thiol groups is 1. The lowest BCUT2D eigenvalue weighted by atomic mass is 10.1. The molecule has 0 amide bonds. The first-order valence-corrected chi connectivity index (χ1v) is 3.49. The first-order valence-electron chi connectivity index (χ1n) is 2.86. The van der Waals surface area contributed by atoms with Gasteiger partial charge in [-0.05, 0) is 32.4 Å². The van der Waals surface area contributed by atoms with Gasteiger partial charge in [-0.1, -0.05) is 0 Å². The van der Waals surface area contributed by atoms with Crippen LogP contribution in [-0.4, -0.2) is 11.4 Å². The Hall–Kier alpha value is 0.280. The molecule has 0 bridgehead atoms. The summed E-state index contributed by atoms with van der Waals surface area (Å²) in [6.07, 6.45) is 1.49. The zero-order chi connectivity index (χ0) is 6.62. The maximum Gasteiger partial charge on any atom is 0.105 e. The van der Waals surface area contributed by atoms with Gasteiger partial charge < -0.3 is 0 Å². The van der Waals surface area contributed by atoms with E-state index in [1.54, 1.807) is 13.8 Å². The average Bonchev–Trinajstić information content (AvgIpc) is 1.59. The second kappa shape index (κ2) is 3.33. The Morgan fingerprint density at radius 2 is 2.00 bits per heavy atom. The van der Waals surface area contributed by atoms with E-state index in [2.05, 4.69) is 12.6 Å². The molecule has 0 nitrogen and oxygen atoms in total. The molecule has 0 aromatic carbocycles. The minimum Gasteiger partial charge on any atom is -0.245 e. The van der Waals surface area contributed by atoms with Crippen molar-refractivity contribution < 1.29 is 4.39 Å². The van der Waals surface area contributed by atoms with Gasteiger partial charge in [0.05, 0.1) is 0 Å². The largest absolute Gasteiger partial charge is 0.245 e. The monoisotopic (exact) mass is 136 g/mol. The highest BCUT2D eigenvalue weighted by Crippen LogP contribution is 2.15. The number of alkyl halides is 1. The number of hydrogen-bond acceptors (Lipinski definition) is 1. The van der Waals surface area contributed by atoms with Crippen molar-refractivity contribution in [1.82, 2.24) is 0 Å². The quantitative estimate of drug-likeness (QED) is 0.566. The van der Waals surface area contributed by atoms with Crippen LogP contribution >= 0.6 is 12.6 Å². The maximum absolute atomic E-state index is 12.5. The van der Waals surface area contributed by atoms with Gasteiger partial charge in [0, 0.05) is 0 Å². The molecule has 0 saturated carbocycles. The zero-order valence-electron chi connectivity index (χ0n) is 5.45. The van der Waals surface area contributed by atoms with Crippen molar-refractivity contribution in [2.45, 2.75) is 32.4 Å². The Morgan fingerprint density at radius 3 is 2.12 bits per heavy atom. The van der Waals surface area contributed by atoms with Crippen LogP contribution in [0.5, 0.6) is 0 Å². The molecule has 0 atom stereocenters. The molecule has 0 heterocycles. The molecule has 0 aliphatic rings. The standard InChI is InChI=1S/C6H13FS/c1-6(2,7)4-3-5-8/h8H,3-5H2,1-2H3. The third-order valence-corrected chi connectivity index (χ3v) is 1.25. The molecule has 50 valence electrons. The molecule has 0 aliphatic carbocycles. The van der Waals surface area contributed by atoms with Gasteiger partial charge >= 0.3 is 0 Å². The predicted octanol–water partition coefficient (Wildman–Crippen LogP) is 2.44. The van der Waals surface area contributed by atoms with Crippen LogP contribution in [0.2, 0.25) is 0 Å². The minimum atomic E-state index is -0.997. The molecular weight excluding hydrogens is 123 g/mol. The van der Waals surface area contributed by atoms with Crippen LogP contribution in [0.3, 0.4) is 0 Å². The van der Waals surface area contributed by atoms with Gasteiger partial charge in [-0.15, -0.1) is 0 Å². The van der Waals surface area contributed by atoms with Gasteiger partial charge in [-0.3, -0.25) is 0 Å². The predicted molar refractivity (Wildman–Crippen MR) is 38.3 cm³/mol. The van der Waals surface area contributed by atoms with Crippen LogP contribution in [0.1, 0.15) is 26.7 Å². The number of rotatable bonds is 3. The summed E-state index contributed by atoms with van der Waals surface area (Å²) in [6, 6.07) is 0. The first kappa shape index (κ1) is 8.28. The summed E-state index contributed by atoms with van der Waals surface area (Å²) in [5, 5.41) is 0. The molecule has 0 rings (SSSR count). The summed E-state index contributed by atoms with van der Waals surface area (Å²) < 4.78 is 12.5. The summed E-state index contributed by atoms with van der Waals surface area (Å²) in [5.41, 5.74) is -0.997. The highest BCUT2D eigenvalue weighted by molar-refractivity contribution is 7.80. The lowest BCUT2D eigenvalue weighted by Crippen LogP contribution is -2.10. The van der Waals surface area contributed by atoms with E-state index in [9.17, 15) is 4.39 Å². The van der Waals surface area contributed by atoms with Gasteiger partial charge in [0.1, 0.15) is 5.67 Å². The highest BCUT2D eigenvalue weighted by atomic mass is 32.1. The van der Waals surface area contributed by atoms with E-state index in [0.29, 0.717) is 6.42 Å². The van der Waals surface area contributed by atoms with E-state index in [0.717, 1.165) is 12.2 Å². The van der Waals surface area contributed by atoms with Crippen LogP contribution in [0.4, 0.5) is 4.39 Å². The van der Waals surface area contributed by atoms with Crippen molar-refractivity contribution in [3.05, 3.63) is 0 Å². The molecule has 8 heavy (non-hydrogen) atoms. The third kappa shape index (κ3) is 6.28. The van der Waals surface area contributed by atoms with Gasteiger partial charge in [0.2, 0.25) is 0 Å². The Labute approximate surface area is 55.9 Å². The molecule has 0 radical (unpaired) electrons. The Bertz CT molecular complexity index is 56.0. The van der Waals surface area contributed by atoms with Crippen molar-refractivity contribution in [2.24, 2.45) is 0 Å². The molecule has 0 N–H and O–H groups in total. The van der Waals surface area contributed by atoms with Crippen molar-refractivity contribution >= 4 is 12.6 Å². The molecule has 0 aliphatic heterocycles. The lowest BCUT2D eigenvalue weighted by Gasteiger charge is -2.11. The Kier molecular flexibility index (Phi) is 3.45. The van der Waals surface area contributed by atoms with E-state index < -0.39 is 5.67 Å². The second-order valence-corrected chi connectivity index (χ2v) is 2.99. The van der Waals surface area contributed by atoms with E-state index >= 15 is 0 Å².